The summed E-state index contributed by atoms with van der Waals surface area (Å²) in [5.41, 5.74) is 0. The summed E-state index contributed by atoms with van der Waals surface area (Å²) >= 11 is 0. The molecule has 1 aliphatic carbocycles. The average molecular weight is 155 g/mol. The van der Waals surface area contributed by atoms with E-state index in [2.05, 4.69) is 13.8 Å². The molecule has 0 radical (unpaired) electrons. The predicted molar refractivity (Wildman–Crippen MR) is 45.3 cm³/mol. The van der Waals surface area contributed by atoms with Crippen molar-refractivity contribution in [2.45, 2.75) is 52.1 Å². The molecule has 64 valence electrons. The lowest BCUT2D eigenvalue weighted by molar-refractivity contribution is -0.131. The van der Waals surface area contributed by atoms with E-state index >= 15 is 0 Å². The van der Waals surface area contributed by atoms with Gasteiger partial charge in [-0.05, 0) is 26.2 Å². The maximum absolute atomic E-state index is 11.2. The van der Waals surface area contributed by atoms with E-state index in [9.17, 15) is 4.79 Å². The van der Waals surface area contributed by atoms with Crippen LogP contribution in [0.5, 0.6) is 0 Å². The number of carbonyl (C=O) groups excluding carboxylic acids is 1. The van der Waals surface area contributed by atoms with Gasteiger partial charge in [0.15, 0.2) is 0 Å². The van der Waals surface area contributed by atoms with E-state index in [0.29, 0.717) is 12.1 Å². The molecule has 11 heavy (non-hydrogen) atoms. The second-order valence-corrected chi connectivity index (χ2v) is 3.41. The summed E-state index contributed by atoms with van der Waals surface area (Å²) < 4.78 is 0. The highest BCUT2D eigenvalue weighted by Crippen LogP contribution is 2.29. The Morgan fingerprint density at radius 1 is 1.64 bits per heavy atom. The SMILES string of the molecule is CC[C@H](C)N(C(C)=O)C1CC1. The fourth-order valence-corrected chi connectivity index (χ4v) is 1.48. The van der Waals surface area contributed by atoms with Crippen LogP contribution in [-0.4, -0.2) is 22.9 Å². The molecule has 2 heteroatoms. The Hall–Kier alpha value is -0.530. The molecule has 0 unspecified atom stereocenters. The van der Waals surface area contributed by atoms with E-state index < -0.39 is 0 Å². The number of nitrogens with zero attached hydrogens (tertiary/aromatic N) is 1. The van der Waals surface area contributed by atoms with Gasteiger partial charge in [-0.1, -0.05) is 6.92 Å². The summed E-state index contributed by atoms with van der Waals surface area (Å²) in [5, 5.41) is 0. The lowest BCUT2D eigenvalue weighted by Crippen LogP contribution is -2.38. The Balaban J connectivity index is 2.50. The van der Waals surface area contributed by atoms with Crippen molar-refractivity contribution in [2.24, 2.45) is 0 Å². The summed E-state index contributed by atoms with van der Waals surface area (Å²) in [6, 6.07) is 1.00. The molecule has 1 aliphatic rings. The molecule has 1 saturated carbocycles. The highest BCUT2D eigenvalue weighted by molar-refractivity contribution is 5.74. The second kappa shape index (κ2) is 3.24. The lowest BCUT2D eigenvalue weighted by atomic mass is 10.2. The molecule has 1 amide bonds. The van der Waals surface area contributed by atoms with E-state index in [1.165, 1.54) is 12.8 Å². The smallest absolute Gasteiger partial charge is 0.219 e. The van der Waals surface area contributed by atoms with Crippen LogP contribution in [0.2, 0.25) is 0 Å². The van der Waals surface area contributed by atoms with Crippen LogP contribution in [0.4, 0.5) is 0 Å². The van der Waals surface area contributed by atoms with E-state index in [1.807, 2.05) is 4.90 Å². The van der Waals surface area contributed by atoms with E-state index in [1.54, 1.807) is 6.92 Å². The van der Waals surface area contributed by atoms with Gasteiger partial charge in [-0.15, -0.1) is 0 Å². The van der Waals surface area contributed by atoms with Crippen LogP contribution in [0.15, 0.2) is 0 Å². The van der Waals surface area contributed by atoms with Crippen molar-refractivity contribution in [3.8, 4) is 0 Å². The number of hydrogen-bond donors (Lipinski definition) is 0. The highest BCUT2D eigenvalue weighted by atomic mass is 16.2. The van der Waals surface area contributed by atoms with Gasteiger partial charge in [0.05, 0.1) is 0 Å². The molecule has 2 nitrogen and oxygen atoms in total. The number of amides is 1. The number of carbonyl (C=O) groups is 1. The van der Waals surface area contributed by atoms with E-state index in [-0.39, 0.29) is 5.91 Å². The summed E-state index contributed by atoms with van der Waals surface area (Å²) in [5.74, 6) is 0.238. The molecule has 0 N–H and O–H groups in total. The van der Waals surface area contributed by atoms with Crippen LogP contribution >= 0.6 is 0 Å². The van der Waals surface area contributed by atoms with Crippen molar-refractivity contribution in [1.82, 2.24) is 4.90 Å². The van der Waals surface area contributed by atoms with E-state index in [0.717, 1.165) is 6.42 Å². The Labute approximate surface area is 68.6 Å². The molecule has 1 rings (SSSR count). The summed E-state index contributed by atoms with van der Waals surface area (Å²) in [7, 11) is 0. The van der Waals surface area contributed by atoms with Gasteiger partial charge in [-0.25, -0.2) is 0 Å². The number of rotatable bonds is 3. The van der Waals surface area contributed by atoms with Crippen LogP contribution in [0, 0.1) is 0 Å². The first-order valence-electron chi connectivity index (χ1n) is 4.45. The van der Waals surface area contributed by atoms with Gasteiger partial charge in [0.25, 0.3) is 0 Å². The minimum absolute atomic E-state index is 0.238. The fourth-order valence-electron chi connectivity index (χ4n) is 1.48. The summed E-state index contributed by atoms with van der Waals surface area (Å²) in [6.07, 6.45) is 3.49. The zero-order valence-electron chi connectivity index (χ0n) is 7.63. The molecule has 1 fully saturated rings. The van der Waals surface area contributed by atoms with Crippen molar-refractivity contribution in [3.05, 3.63) is 0 Å². The third-order valence-electron chi connectivity index (χ3n) is 2.37. The molecular formula is C9H17NO. The van der Waals surface area contributed by atoms with Crippen LogP contribution < -0.4 is 0 Å². The van der Waals surface area contributed by atoms with Gasteiger partial charge in [-0.2, -0.15) is 0 Å². The average Bonchev–Trinajstić information content (AvgIpc) is 2.71. The lowest BCUT2D eigenvalue weighted by Gasteiger charge is -2.27. The molecule has 0 spiro atoms. The van der Waals surface area contributed by atoms with E-state index in [4.69, 9.17) is 0 Å². The van der Waals surface area contributed by atoms with Gasteiger partial charge in [-0.3, -0.25) is 4.79 Å². The molecule has 0 saturated heterocycles. The van der Waals surface area contributed by atoms with Crippen LogP contribution in [0.3, 0.4) is 0 Å². The zero-order chi connectivity index (χ0) is 8.43. The molecule has 0 bridgehead atoms. The van der Waals surface area contributed by atoms with Crippen molar-refractivity contribution in [2.75, 3.05) is 0 Å². The normalized spacial score (nSPS) is 19.5. The van der Waals surface area contributed by atoms with Crippen molar-refractivity contribution in [1.29, 1.82) is 0 Å². The third kappa shape index (κ3) is 1.95. The van der Waals surface area contributed by atoms with Crippen LogP contribution in [0.1, 0.15) is 40.0 Å². The predicted octanol–water partition coefficient (Wildman–Crippen LogP) is 1.80. The Morgan fingerprint density at radius 2 is 2.18 bits per heavy atom. The fraction of sp³-hybridized carbons (Fsp3) is 0.889. The molecular weight excluding hydrogens is 138 g/mol. The standard InChI is InChI=1S/C9H17NO/c1-4-7(2)10(8(3)11)9-5-6-9/h7,9H,4-6H2,1-3H3/t7-/m0/s1. The van der Waals surface area contributed by atoms with Crippen LogP contribution in [0.25, 0.3) is 0 Å². The maximum Gasteiger partial charge on any atom is 0.219 e. The van der Waals surface area contributed by atoms with Gasteiger partial charge >= 0.3 is 0 Å². The quantitative estimate of drug-likeness (QED) is 0.608. The Kier molecular flexibility index (Phi) is 2.53. The number of hydrogen-bond acceptors (Lipinski definition) is 1. The Bertz CT molecular complexity index is 152. The van der Waals surface area contributed by atoms with Crippen LogP contribution in [-0.2, 0) is 4.79 Å². The molecule has 0 aromatic heterocycles. The van der Waals surface area contributed by atoms with Gasteiger partial charge in [0, 0.05) is 19.0 Å². The summed E-state index contributed by atoms with van der Waals surface area (Å²) in [4.78, 5) is 13.2. The molecule has 1 atom stereocenters. The Morgan fingerprint density at radius 3 is 2.45 bits per heavy atom. The topological polar surface area (TPSA) is 20.3 Å². The van der Waals surface area contributed by atoms with Crippen molar-refractivity contribution < 1.29 is 4.79 Å². The molecule has 0 heterocycles. The molecule has 0 aromatic carbocycles. The van der Waals surface area contributed by atoms with Gasteiger partial charge in [0.1, 0.15) is 0 Å². The van der Waals surface area contributed by atoms with Crippen molar-refractivity contribution in [3.63, 3.8) is 0 Å². The minimum Gasteiger partial charge on any atom is -0.337 e. The first-order valence-corrected chi connectivity index (χ1v) is 4.45. The van der Waals surface area contributed by atoms with Gasteiger partial charge < -0.3 is 4.90 Å². The largest absolute Gasteiger partial charge is 0.337 e. The molecule has 0 aromatic rings. The zero-order valence-corrected chi connectivity index (χ0v) is 7.63. The highest BCUT2D eigenvalue weighted by Gasteiger charge is 2.32. The van der Waals surface area contributed by atoms with Gasteiger partial charge in [0.2, 0.25) is 5.91 Å². The first kappa shape index (κ1) is 8.57. The minimum atomic E-state index is 0.238. The van der Waals surface area contributed by atoms with Crippen molar-refractivity contribution >= 4 is 5.91 Å². The first-order chi connectivity index (χ1) is 5.16. The third-order valence-corrected chi connectivity index (χ3v) is 2.37. The maximum atomic E-state index is 11.2. The monoisotopic (exact) mass is 155 g/mol. The summed E-state index contributed by atoms with van der Waals surface area (Å²) in [6.45, 7) is 5.92. The second-order valence-electron chi connectivity index (χ2n) is 3.41. The molecule has 0 aliphatic heterocycles.